The van der Waals surface area contributed by atoms with Gasteiger partial charge in [-0.3, -0.25) is 9.59 Å². The van der Waals surface area contributed by atoms with E-state index < -0.39 is 0 Å². The monoisotopic (exact) mass is 402 g/mol. The summed E-state index contributed by atoms with van der Waals surface area (Å²) in [5.41, 5.74) is 0.771. The van der Waals surface area contributed by atoms with E-state index in [1.54, 1.807) is 0 Å². The maximum absolute atomic E-state index is 12.3. The molecule has 9 atom stereocenters. The Labute approximate surface area is 177 Å². The van der Waals surface area contributed by atoms with Crippen molar-refractivity contribution in [3.8, 4) is 0 Å². The molecule has 0 aromatic rings. The second-order valence-corrected chi connectivity index (χ2v) is 11.6. The largest absolute Gasteiger partial charge is 0.466 e. The van der Waals surface area contributed by atoms with Crippen LogP contribution in [0.5, 0.6) is 0 Å². The summed E-state index contributed by atoms with van der Waals surface area (Å²) in [6.45, 7) is 11.9. The zero-order chi connectivity index (χ0) is 21.0. The quantitative estimate of drug-likeness (QED) is 0.538. The Bertz CT molecular complexity index is 656. The van der Waals surface area contributed by atoms with Crippen molar-refractivity contribution >= 4 is 11.8 Å². The maximum atomic E-state index is 12.3. The number of hydrogen-bond donors (Lipinski definition) is 0. The molecule has 4 fully saturated rings. The predicted molar refractivity (Wildman–Crippen MR) is 115 cm³/mol. The van der Waals surface area contributed by atoms with Gasteiger partial charge in [-0.2, -0.15) is 0 Å². The molecule has 0 bridgehead atoms. The van der Waals surface area contributed by atoms with Gasteiger partial charge in [0.1, 0.15) is 5.78 Å². The van der Waals surface area contributed by atoms with Crippen molar-refractivity contribution in [1.82, 2.24) is 0 Å². The molecule has 4 saturated carbocycles. The lowest BCUT2D eigenvalue weighted by molar-refractivity contribution is -0.154. The highest BCUT2D eigenvalue weighted by Gasteiger charge is 2.62. The van der Waals surface area contributed by atoms with E-state index in [9.17, 15) is 9.59 Å². The lowest BCUT2D eigenvalue weighted by Gasteiger charge is -2.62. The summed E-state index contributed by atoms with van der Waals surface area (Å²) in [6, 6.07) is 0. The minimum atomic E-state index is -0.149. The average Bonchev–Trinajstić information content (AvgIpc) is 3.03. The predicted octanol–water partition coefficient (Wildman–Crippen LogP) is 6.05. The van der Waals surface area contributed by atoms with Crippen LogP contribution in [0.25, 0.3) is 0 Å². The fourth-order valence-electron chi connectivity index (χ4n) is 9.08. The molecule has 29 heavy (non-hydrogen) atoms. The maximum Gasteiger partial charge on any atom is 0.302 e. The Balaban J connectivity index is 1.57. The zero-order valence-corrected chi connectivity index (χ0v) is 19.3. The summed E-state index contributed by atoms with van der Waals surface area (Å²) in [5, 5.41) is 0. The SMILES string of the molecule is CCC1CC2C(CCC3(C)C2CCC3[C@H](C)COC(C)=O)C2(C)CCC(=O)CC12. The Morgan fingerprint density at radius 2 is 1.83 bits per heavy atom. The van der Waals surface area contributed by atoms with Gasteiger partial charge in [-0.1, -0.05) is 34.1 Å². The number of ether oxygens (including phenoxy) is 1. The van der Waals surface area contributed by atoms with Crippen molar-refractivity contribution in [3.05, 3.63) is 0 Å². The van der Waals surface area contributed by atoms with Crippen LogP contribution in [0, 0.1) is 52.3 Å². The van der Waals surface area contributed by atoms with Crippen molar-refractivity contribution in [3.63, 3.8) is 0 Å². The second-order valence-electron chi connectivity index (χ2n) is 11.6. The number of Topliss-reactive ketones (excluding diaryl/α,β-unsaturated/α-hetero) is 1. The number of esters is 1. The second kappa shape index (κ2) is 7.68. The van der Waals surface area contributed by atoms with Crippen molar-refractivity contribution < 1.29 is 14.3 Å². The molecule has 0 saturated heterocycles. The average molecular weight is 403 g/mol. The van der Waals surface area contributed by atoms with E-state index in [2.05, 4.69) is 27.7 Å². The van der Waals surface area contributed by atoms with Crippen LogP contribution >= 0.6 is 0 Å². The number of hydrogen-bond acceptors (Lipinski definition) is 3. The first-order valence-electron chi connectivity index (χ1n) is 12.4. The van der Waals surface area contributed by atoms with Gasteiger partial charge in [-0.15, -0.1) is 0 Å². The summed E-state index contributed by atoms with van der Waals surface area (Å²) in [7, 11) is 0. The summed E-state index contributed by atoms with van der Waals surface area (Å²) in [6.07, 6.45) is 10.7. The molecule has 0 N–H and O–H groups in total. The van der Waals surface area contributed by atoms with E-state index in [-0.39, 0.29) is 5.97 Å². The molecular weight excluding hydrogens is 360 g/mol. The molecule has 0 radical (unpaired) electrons. The van der Waals surface area contributed by atoms with Crippen LogP contribution in [0.4, 0.5) is 0 Å². The van der Waals surface area contributed by atoms with Crippen molar-refractivity contribution in [1.29, 1.82) is 0 Å². The van der Waals surface area contributed by atoms with Crippen LogP contribution in [-0.2, 0) is 14.3 Å². The summed E-state index contributed by atoms with van der Waals surface area (Å²) >= 11 is 0. The molecule has 0 aliphatic heterocycles. The molecule has 4 aliphatic carbocycles. The molecule has 0 heterocycles. The van der Waals surface area contributed by atoms with Crippen molar-refractivity contribution in [2.24, 2.45) is 52.3 Å². The van der Waals surface area contributed by atoms with Gasteiger partial charge in [0, 0.05) is 19.8 Å². The van der Waals surface area contributed by atoms with Crippen LogP contribution < -0.4 is 0 Å². The van der Waals surface area contributed by atoms with Gasteiger partial charge < -0.3 is 4.74 Å². The molecule has 0 aromatic carbocycles. The number of carbonyl (C=O) groups is 2. The molecule has 164 valence electrons. The van der Waals surface area contributed by atoms with Gasteiger partial charge >= 0.3 is 5.97 Å². The highest BCUT2D eigenvalue weighted by molar-refractivity contribution is 5.79. The minimum absolute atomic E-state index is 0.149. The highest BCUT2D eigenvalue weighted by atomic mass is 16.5. The van der Waals surface area contributed by atoms with E-state index in [1.165, 1.54) is 45.4 Å². The first kappa shape index (κ1) is 21.4. The van der Waals surface area contributed by atoms with E-state index in [0.29, 0.717) is 41.0 Å². The van der Waals surface area contributed by atoms with E-state index in [0.717, 1.165) is 42.9 Å². The van der Waals surface area contributed by atoms with Crippen LogP contribution in [0.2, 0.25) is 0 Å². The Morgan fingerprint density at radius 1 is 1.10 bits per heavy atom. The van der Waals surface area contributed by atoms with E-state index >= 15 is 0 Å². The van der Waals surface area contributed by atoms with Crippen molar-refractivity contribution in [2.45, 2.75) is 92.4 Å². The third-order valence-electron chi connectivity index (χ3n) is 10.5. The number of ketones is 1. The molecule has 4 aliphatic rings. The zero-order valence-electron chi connectivity index (χ0n) is 19.3. The van der Waals surface area contributed by atoms with Crippen LogP contribution in [-0.4, -0.2) is 18.4 Å². The van der Waals surface area contributed by atoms with Gasteiger partial charge in [-0.25, -0.2) is 0 Å². The smallest absolute Gasteiger partial charge is 0.302 e. The van der Waals surface area contributed by atoms with Gasteiger partial charge in [0.15, 0.2) is 0 Å². The Kier molecular flexibility index (Phi) is 5.66. The molecule has 3 heteroatoms. The minimum Gasteiger partial charge on any atom is -0.466 e. The fourth-order valence-corrected chi connectivity index (χ4v) is 9.08. The lowest BCUT2D eigenvalue weighted by Crippen LogP contribution is -2.56. The first-order chi connectivity index (χ1) is 13.7. The highest BCUT2D eigenvalue weighted by Crippen LogP contribution is 2.69. The van der Waals surface area contributed by atoms with Crippen molar-refractivity contribution in [2.75, 3.05) is 6.61 Å². The summed E-state index contributed by atoms with van der Waals surface area (Å²) < 4.78 is 5.41. The third kappa shape index (κ3) is 3.39. The molecule has 0 aromatic heterocycles. The molecule has 0 spiro atoms. The normalized spacial score (nSPS) is 47.7. The van der Waals surface area contributed by atoms with Gasteiger partial charge in [-0.05, 0) is 90.8 Å². The Hall–Kier alpha value is -0.860. The standard InChI is InChI=1S/C26H42O3/c1-6-18-13-20-22-8-7-21(16(2)15-29-17(3)27)25(22,4)12-10-23(20)26(5)11-9-19(28)14-24(18)26/h16,18,20-24H,6-15H2,1-5H3/t16-,18?,20?,21?,22?,23?,24?,25?,26?/m1/s1. The van der Waals surface area contributed by atoms with Crippen LogP contribution in [0.15, 0.2) is 0 Å². The Morgan fingerprint density at radius 3 is 2.52 bits per heavy atom. The molecular formula is C26H42O3. The first-order valence-corrected chi connectivity index (χ1v) is 12.4. The molecule has 8 unspecified atom stereocenters. The third-order valence-corrected chi connectivity index (χ3v) is 10.5. The van der Waals surface area contributed by atoms with E-state index in [4.69, 9.17) is 4.74 Å². The lowest BCUT2D eigenvalue weighted by atomic mass is 9.42. The molecule has 4 rings (SSSR count). The number of rotatable bonds is 4. The summed E-state index contributed by atoms with van der Waals surface area (Å²) in [5.74, 6) is 5.30. The fraction of sp³-hybridized carbons (Fsp3) is 0.923. The molecule has 0 amide bonds. The molecule has 3 nitrogen and oxygen atoms in total. The topological polar surface area (TPSA) is 43.4 Å². The summed E-state index contributed by atoms with van der Waals surface area (Å²) in [4.78, 5) is 23.6. The van der Waals surface area contributed by atoms with Gasteiger partial charge in [0.05, 0.1) is 6.61 Å². The number of fused-ring (bicyclic) bond motifs is 5. The number of carbonyl (C=O) groups excluding carboxylic acids is 2. The van der Waals surface area contributed by atoms with Crippen LogP contribution in [0.3, 0.4) is 0 Å². The van der Waals surface area contributed by atoms with Gasteiger partial charge in [0.2, 0.25) is 0 Å². The van der Waals surface area contributed by atoms with E-state index in [1.807, 2.05) is 0 Å². The van der Waals surface area contributed by atoms with Gasteiger partial charge in [0.25, 0.3) is 0 Å². The van der Waals surface area contributed by atoms with Crippen LogP contribution in [0.1, 0.15) is 92.4 Å².